The van der Waals surface area contributed by atoms with E-state index in [4.69, 9.17) is 0 Å². The summed E-state index contributed by atoms with van der Waals surface area (Å²) in [7, 11) is 0. The van der Waals surface area contributed by atoms with E-state index in [1.807, 2.05) is 0 Å². The monoisotopic (exact) mass is 489 g/mol. The molecule has 3 aromatic carbocycles. The van der Waals surface area contributed by atoms with Crippen molar-refractivity contribution in [2.45, 2.75) is 0 Å². The smallest absolute Gasteiger partial charge is 0.172 e. The zero-order chi connectivity index (χ0) is 12.9. The van der Waals surface area contributed by atoms with Crippen LogP contribution in [0.3, 0.4) is 0 Å². The maximum Gasteiger partial charge on any atom is 0.172 e. The zero-order valence-corrected chi connectivity index (χ0v) is 12.4. The Bertz CT molecular complexity index is 721. The molecule has 0 amide bonds. The van der Waals surface area contributed by atoms with Gasteiger partial charge in [-0.2, -0.15) is 0 Å². The van der Waals surface area contributed by atoms with Gasteiger partial charge in [0.2, 0.25) is 0 Å². The Kier molecular flexibility index (Phi) is 2.45. The Morgan fingerprint density at radius 2 is 0.895 bits per heavy atom. The van der Waals surface area contributed by atoms with Gasteiger partial charge in [0.15, 0.2) is 23.1 Å². The number of hydrogen-bond donors (Lipinski definition) is 2. The number of hydrogen-bond acceptors (Lipinski definition) is 2. The molecule has 0 aliphatic rings. The Labute approximate surface area is 101 Å². The molecule has 0 bridgehead atoms. The van der Waals surface area contributed by atoms with Crippen LogP contribution in [0.2, 0.25) is 0 Å². The number of benzene rings is 3. The van der Waals surface area contributed by atoms with E-state index in [9.17, 15) is 19.0 Å². The SMILES string of the molecule is Oc1ccc2c(ccc3c(F)c(O)ccc32)c1F.[Cm]. The van der Waals surface area contributed by atoms with Crippen LogP contribution < -0.4 is 0 Å². The second kappa shape index (κ2) is 3.84. The maximum atomic E-state index is 13.7. The predicted octanol–water partition coefficient (Wildman–Crippen LogP) is 3.68. The van der Waals surface area contributed by atoms with E-state index >= 15 is 0 Å². The van der Waals surface area contributed by atoms with E-state index in [2.05, 4.69) is 0 Å². The fourth-order valence-corrected chi connectivity index (χ4v) is 2.13. The average molecular weight is 493 g/mol. The van der Waals surface area contributed by atoms with Crippen molar-refractivity contribution in [1.29, 1.82) is 0 Å². The van der Waals surface area contributed by atoms with Crippen molar-refractivity contribution in [2.24, 2.45) is 0 Å². The number of aromatic hydroxyl groups is 2. The van der Waals surface area contributed by atoms with E-state index < -0.39 is 23.1 Å². The molecule has 0 fully saturated rings. The van der Waals surface area contributed by atoms with Gasteiger partial charge in [0, 0.05) is 10.8 Å². The first-order chi connectivity index (χ1) is 8.59. The molecule has 3 aromatic rings. The Hall–Kier alpha value is -3.36. The van der Waals surface area contributed by atoms with Gasteiger partial charge in [0.1, 0.15) is 0 Å². The maximum absolute atomic E-state index is 13.7. The normalized spacial score (nSPS) is 10.6. The molecule has 5 heteroatoms. The summed E-state index contributed by atoms with van der Waals surface area (Å²) >= 11 is 0. The first-order valence-electron chi connectivity index (χ1n) is 5.31. The minimum atomic E-state index is -0.733. The van der Waals surface area contributed by atoms with E-state index in [-0.39, 0.29) is 10.8 Å². The number of phenolic OH excluding ortho intramolecular Hbond substituents is 2. The van der Waals surface area contributed by atoms with Gasteiger partial charge >= 0.3 is 0 Å². The van der Waals surface area contributed by atoms with Crippen LogP contribution in [-0.4, -0.2) is 10.2 Å². The van der Waals surface area contributed by atoms with Crippen molar-refractivity contribution in [3.8, 4) is 11.5 Å². The van der Waals surface area contributed by atoms with Crippen molar-refractivity contribution < 1.29 is 19.0 Å². The topological polar surface area (TPSA) is 40.5 Å². The van der Waals surface area contributed by atoms with Crippen LogP contribution in [-0.2, 0) is 0 Å². The van der Waals surface area contributed by atoms with Crippen LogP contribution in [0.15, 0.2) is 36.4 Å². The average Bonchev–Trinajstić information content (AvgIpc) is 2.38. The van der Waals surface area contributed by atoms with Crippen molar-refractivity contribution >= 4 is 21.5 Å². The van der Waals surface area contributed by atoms with Crippen LogP contribution in [0.1, 0.15) is 0 Å². The largest absolute Gasteiger partial charge is 0.505 e. The third-order valence-corrected chi connectivity index (χ3v) is 3.03. The summed E-state index contributed by atoms with van der Waals surface area (Å²) in [4.78, 5) is 0. The second-order valence-corrected chi connectivity index (χ2v) is 4.05. The van der Waals surface area contributed by atoms with E-state index in [1.54, 1.807) is 0 Å². The molecule has 0 aromatic heterocycles. The molecule has 0 unspecified atom stereocenters. The molecule has 2 nitrogen and oxygen atoms in total. The Morgan fingerprint density at radius 1 is 0.579 bits per heavy atom. The minimum absolute atomic E-state index is 0. The van der Waals surface area contributed by atoms with Crippen LogP contribution in [0.4, 0.5) is 8.78 Å². The predicted molar refractivity (Wildman–Crippen MR) is 64.7 cm³/mol. The molecule has 2 N–H and O–H groups in total. The summed E-state index contributed by atoms with van der Waals surface area (Å²) < 4.78 is 27.4. The van der Waals surface area contributed by atoms with Crippen LogP contribution in [0.5, 0.6) is 11.5 Å². The molecule has 19 heavy (non-hydrogen) atoms. The fraction of sp³-hybridized carbons (Fsp3) is 0. The van der Waals surface area contributed by atoms with Gasteiger partial charge in [-0.25, -0.2) is 8.78 Å². The number of phenols is 2. The summed E-state index contributed by atoms with van der Waals surface area (Å²) in [5, 5.41) is 20.0. The van der Waals surface area contributed by atoms with Crippen LogP contribution in [0, 0.1) is 11.6 Å². The number of rotatable bonds is 0. The molecule has 0 radical (unpaired) electrons. The fourth-order valence-electron chi connectivity index (χ4n) is 2.13. The van der Waals surface area contributed by atoms with E-state index in [1.165, 1.54) is 36.4 Å². The molecular formula is C14H8CmF2O2. The molecule has 0 heterocycles. The van der Waals surface area contributed by atoms with Crippen molar-refractivity contribution in [3.05, 3.63) is 48.0 Å². The molecule has 0 atom stereocenters. The van der Waals surface area contributed by atoms with Gasteiger partial charge in [-0.1, -0.05) is 12.1 Å². The van der Waals surface area contributed by atoms with E-state index in [0.717, 1.165) is 0 Å². The van der Waals surface area contributed by atoms with Crippen molar-refractivity contribution in [1.82, 2.24) is 0 Å². The Morgan fingerprint density at radius 3 is 1.26 bits per heavy atom. The molecule has 98 valence electrons. The Balaban J connectivity index is 0.00000133. The minimum Gasteiger partial charge on any atom is -0.505 e. The van der Waals surface area contributed by atoms with Crippen molar-refractivity contribution in [2.75, 3.05) is 0 Å². The second-order valence-electron chi connectivity index (χ2n) is 4.05. The third-order valence-electron chi connectivity index (χ3n) is 3.03. The first kappa shape index (κ1) is 12.1. The summed E-state index contributed by atoms with van der Waals surface area (Å²) in [6.45, 7) is 0. The quantitative estimate of drug-likeness (QED) is 0.470. The molecule has 0 spiro atoms. The van der Waals surface area contributed by atoms with Crippen LogP contribution in [0.25, 0.3) is 21.5 Å². The van der Waals surface area contributed by atoms with Gasteiger partial charge in [-0.15, -0.1) is 0 Å². The molecule has 0 saturated heterocycles. The third kappa shape index (κ3) is 1.49. The number of fused-ring (bicyclic) bond motifs is 3. The molecule has 0 aliphatic heterocycles. The van der Waals surface area contributed by atoms with Crippen molar-refractivity contribution in [3.63, 3.8) is 0 Å². The molecule has 0 aliphatic carbocycles. The summed E-state index contributed by atoms with van der Waals surface area (Å²) in [5.41, 5.74) is 0. The summed E-state index contributed by atoms with van der Waals surface area (Å²) in [6.07, 6.45) is 0. The first-order valence-corrected chi connectivity index (χ1v) is 5.31. The van der Waals surface area contributed by atoms with Gasteiger partial charge in [0.25, 0.3) is 0 Å². The van der Waals surface area contributed by atoms with Gasteiger partial charge < -0.3 is 10.2 Å². The molecule has 3 rings (SSSR count). The molecule has 0 saturated carbocycles. The van der Waals surface area contributed by atoms with Gasteiger partial charge in [0.05, 0.1) is 0 Å². The summed E-state index contributed by atoms with van der Waals surface area (Å²) in [6, 6.07) is 8.26. The van der Waals surface area contributed by atoms with Gasteiger partial charge in [-0.05, 0) is 35.0 Å². The van der Waals surface area contributed by atoms with Crippen LogP contribution >= 0.6 is 0 Å². The summed E-state index contributed by atoms with van der Waals surface area (Å²) in [5.74, 6) is -2.35. The number of halogens is 2. The van der Waals surface area contributed by atoms with E-state index in [0.29, 0.717) is 10.8 Å². The zero-order valence-electron chi connectivity index (χ0n) is 9.47. The molecular weight excluding hydrogens is 485 g/mol. The van der Waals surface area contributed by atoms with Gasteiger partial charge in [-0.3, -0.25) is 0 Å². The standard InChI is InChI=1S/C14H8F2O2.Cm/c15-13-9-1-2-10-8(4-6-12(18)14(10)16)7(9)3-5-11(13)17;/h1-6,17-18H;.